The van der Waals surface area contributed by atoms with E-state index in [1.807, 2.05) is 13.0 Å². The number of carbonyl (C=O) groups excluding carboxylic acids is 1. The van der Waals surface area contributed by atoms with Gasteiger partial charge in [-0.3, -0.25) is 4.79 Å². The zero-order valence-corrected chi connectivity index (χ0v) is 8.83. The molecular weight excluding hydrogens is 172 g/mol. The van der Waals surface area contributed by atoms with Crippen LogP contribution in [0.5, 0.6) is 0 Å². The quantitative estimate of drug-likeness (QED) is 0.605. The molecule has 1 aliphatic rings. The van der Waals surface area contributed by atoms with Crippen LogP contribution in [0.2, 0.25) is 0 Å². The number of allylic oxidation sites excluding steroid dienone is 6. The average molecular weight is 190 g/mol. The number of carbonyl (C=O) groups is 1. The van der Waals surface area contributed by atoms with E-state index in [2.05, 4.69) is 18.2 Å². The molecule has 1 heteroatoms. The van der Waals surface area contributed by atoms with E-state index in [9.17, 15) is 4.79 Å². The minimum atomic E-state index is 0.242. The molecule has 0 fully saturated rings. The molecule has 76 valence electrons. The molecule has 0 aliphatic heterocycles. The van der Waals surface area contributed by atoms with E-state index in [0.29, 0.717) is 6.42 Å². The van der Waals surface area contributed by atoms with E-state index in [1.54, 1.807) is 6.08 Å². The second-order valence-electron chi connectivity index (χ2n) is 3.54. The van der Waals surface area contributed by atoms with Gasteiger partial charge in [0.1, 0.15) is 0 Å². The Morgan fingerprint density at radius 3 is 3.00 bits per heavy atom. The molecule has 1 aliphatic carbocycles. The van der Waals surface area contributed by atoms with Gasteiger partial charge < -0.3 is 0 Å². The highest BCUT2D eigenvalue weighted by Crippen LogP contribution is 2.14. The third kappa shape index (κ3) is 4.22. The van der Waals surface area contributed by atoms with Gasteiger partial charge in [0, 0.05) is 6.42 Å². The molecule has 0 aromatic carbocycles. The number of ketones is 1. The molecule has 0 heterocycles. The van der Waals surface area contributed by atoms with E-state index >= 15 is 0 Å². The SMILES string of the molecule is CC/C=C/C(=O)CCC1=CCCC=C1. The Balaban J connectivity index is 2.26. The summed E-state index contributed by atoms with van der Waals surface area (Å²) in [6.45, 7) is 2.04. The van der Waals surface area contributed by atoms with Gasteiger partial charge in [-0.25, -0.2) is 0 Å². The van der Waals surface area contributed by atoms with Crippen LogP contribution in [0.25, 0.3) is 0 Å². The Hall–Kier alpha value is -1.11. The predicted molar refractivity (Wildman–Crippen MR) is 60.1 cm³/mol. The van der Waals surface area contributed by atoms with Gasteiger partial charge in [-0.05, 0) is 31.8 Å². The molecule has 0 atom stereocenters. The molecule has 0 saturated carbocycles. The van der Waals surface area contributed by atoms with Crippen molar-refractivity contribution in [3.8, 4) is 0 Å². The van der Waals surface area contributed by atoms with Gasteiger partial charge in [0.05, 0.1) is 0 Å². The number of hydrogen-bond acceptors (Lipinski definition) is 1. The Bertz CT molecular complexity index is 269. The lowest BCUT2D eigenvalue weighted by molar-refractivity contribution is -0.114. The van der Waals surface area contributed by atoms with Gasteiger partial charge in [-0.1, -0.05) is 36.8 Å². The Morgan fingerprint density at radius 2 is 2.36 bits per heavy atom. The van der Waals surface area contributed by atoms with Crippen molar-refractivity contribution in [1.82, 2.24) is 0 Å². The smallest absolute Gasteiger partial charge is 0.155 e. The maximum Gasteiger partial charge on any atom is 0.155 e. The predicted octanol–water partition coefficient (Wildman–Crippen LogP) is 3.58. The lowest BCUT2D eigenvalue weighted by Gasteiger charge is -2.04. The van der Waals surface area contributed by atoms with Crippen LogP contribution in [0.3, 0.4) is 0 Å². The minimum Gasteiger partial charge on any atom is -0.295 e. The molecule has 0 spiro atoms. The number of hydrogen-bond donors (Lipinski definition) is 0. The van der Waals surface area contributed by atoms with E-state index in [0.717, 1.165) is 25.7 Å². The summed E-state index contributed by atoms with van der Waals surface area (Å²) in [4.78, 5) is 11.3. The molecule has 0 N–H and O–H groups in total. The van der Waals surface area contributed by atoms with Gasteiger partial charge in [-0.2, -0.15) is 0 Å². The molecule has 0 aromatic rings. The first kappa shape index (κ1) is 11.0. The van der Waals surface area contributed by atoms with Crippen LogP contribution in [-0.2, 0) is 4.79 Å². The van der Waals surface area contributed by atoms with Crippen molar-refractivity contribution in [2.24, 2.45) is 0 Å². The summed E-state index contributed by atoms with van der Waals surface area (Å²) in [5, 5.41) is 0. The van der Waals surface area contributed by atoms with Crippen molar-refractivity contribution in [2.75, 3.05) is 0 Å². The van der Waals surface area contributed by atoms with Crippen molar-refractivity contribution in [2.45, 2.75) is 39.0 Å². The molecule has 1 rings (SSSR count). The summed E-state index contributed by atoms with van der Waals surface area (Å²) in [6.07, 6.45) is 14.9. The van der Waals surface area contributed by atoms with Crippen LogP contribution in [0.15, 0.2) is 36.0 Å². The second-order valence-corrected chi connectivity index (χ2v) is 3.54. The summed E-state index contributed by atoms with van der Waals surface area (Å²) >= 11 is 0. The minimum absolute atomic E-state index is 0.242. The molecule has 1 nitrogen and oxygen atoms in total. The zero-order chi connectivity index (χ0) is 10.2. The fourth-order valence-corrected chi connectivity index (χ4v) is 1.45. The van der Waals surface area contributed by atoms with Gasteiger partial charge in [-0.15, -0.1) is 0 Å². The lowest BCUT2D eigenvalue weighted by atomic mass is 10.0. The average Bonchev–Trinajstić information content (AvgIpc) is 2.25. The Kier molecular flexibility index (Phi) is 4.98. The first-order valence-corrected chi connectivity index (χ1v) is 5.38. The summed E-state index contributed by atoms with van der Waals surface area (Å²) in [6, 6.07) is 0. The van der Waals surface area contributed by atoms with E-state index in [1.165, 1.54) is 5.57 Å². The fraction of sp³-hybridized carbons (Fsp3) is 0.462. The monoisotopic (exact) mass is 190 g/mol. The standard InChI is InChI=1S/C13H18O/c1-2-3-9-13(14)11-10-12-7-5-4-6-8-12/h3,5,7-9H,2,4,6,10-11H2,1H3/b9-3+. The van der Waals surface area contributed by atoms with Gasteiger partial charge in [0.25, 0.3) is 0 Å². The van der Waals surface area contributed by atoms with Crippen molar-refractivity contribution in [3.63, 3.8) is 0 Å². The van der Waals surface area contributed by atoms with Crippen LogP contribution in [0, 0.1) is 0 Å². The summed E-state index contributed by atoms with van der Waals surface area (Å²) < 4.78 is 0. The Labute approximate surface area is 86.2 Å². The van der Waals surface area contributed by atoms with Crippen LogP contribution in [0.4, 0.5) is 0 Å². The van der Waals surface area contributed by atoms with Crippen molar-refractivity contribution in [3.05, 3.63) is 36.0 Å². The Morgan fingerprint density at radius 1 is 1.50 bits per heavy atom. The van der Waals surface area contributed by atoms with Crippen molar-refractivity contribution in [1.29, 1.82) is 0 Å². The summed E-state index contributed by atoms with van der Waals surface area (Å²) in [5.41, 5.74) is 1.31. The topological polar surface area (TPSA) is 17.1 Å². The van der Waals surface area contributed by atoms with Crippen LogP contribution >= 0.6 is 0 Å². The summed E-state index contributed by atoms with van der Waals surface area (Å²) in [7, 11) is 0. The normalized spacial score (nSPS) is 15.9. The van der Waals surface area contributed by atoms with Crippen LogP contribution < -0.4 is 0 Å². The maximum atomic E-state index is 11.3. The molecule has 0 aromatic heterocycles. The fourth-order valence-electron chi connectivity index (χ4n) is 1.45. The van der Waals surface area contributed by atoms with E-state index in [-0.39, 0.29) is 5.78 Å². The summed E-state index contributed by atoms with van der Waals surface area (Å²) in [5.74, 6) is 0.242. The first-order valence-electron chi connectivity index (χ1n) is 5.38. The molecule has 0 saturated heterocycles. The third-order valence-electron chi connectivity index (χ3n) is 2.27. The zero-order valence-electron chi connectivity index (χ0n) is 8.83. The lowest BCUT2D eigenvalue weighted by Crippen LogP contribution is -1.94. The molecule has 0 unspecified atom stereocenters. The van der Waals surface area contributed by atoms with Crippen molar-refractivity contribution < 1.29 is 4.79 Å². The largest absolute Gasteiger partial charge is 0.295 e. The molecule has 0 bridgehead atoms. The molecule has 0 amide bonds. The van der Waals surface area contributed by atoms with E-state index in [4.69, 9.17) is 0 Å². The van der Waals surface area contributed by atoms with Gasteiger partial charge >= 0.3 is 0 Å². The van der Waals surface area contributed by atoms with Crippen LogP contribution in [-0.4, -0.2) is 5.78 Å². The van der Waals surface area contributed by atoms with Crippen LogP contribution in [0.1, 0.15) is 39.0 Å². The van der Waals surface area contributed by atoms with Gasteiger partial charge in [0.15, 0.2) is 5.78 Å². The highest BCUT2D eigenvalue weighted by Gasteiger charge is 2.00. The maximum absolute atomic E-state index is 11.3. The highest BCUT2D eigenvalue weighted by atomic mass is 16.1. The first-order chi connectivity index (χ1) is 6.83. The van der Waals surface area contributed by atoms with E-state index < -0.39 is 0 Å². The number of rotatable bonds is 5. The molecular formula is C13H18O. The van der Waals surface area contributed by atoms with Gasteiger partial charge in [0.2, 0.25) is 0 Å². The molecule has 0 radical (unpaired) electrons. The second kappa shape index (κ2) is 6.36. The highest BCUT2D eigenvalue weighted by molar-refractivity contribution is 5.89. The van der Waals surface area contributed by atoms with Crippen molar-refractivity contribution >= 4 is 5.78 Å². The third-order valence-corrected chi connectivity index (χ3v) is 2.27. The molecule has 14 heavy (non-hydrogen) atoms.